The predicted molar refractivity (Wildman–Crippen MR) is 95.6 cm³/mol. The highest BCUT2D eigenvalue weighted by Crippen LogP contribution is 2.49. The number of hydrogen-bond donors (Lipinski definition) is 1. The normalized spacial score (nSPS) is 18.2. The van der Waals surface area contributed by atoms with Crippen molar-refractivity contribution in [2.75, 3.05) is 20.3 Å². The van der Waals surface area contributed by atoms with Gasteiger partial charge in [0, 0.05) is 40.8 Å². The molecular formula is C21H19NO3. The molecule has 1 aliphatic heterocycles. The standard InChI is InChI=1S/C21H19NO3/c1-24-13-6-7-14-16(12-13)21(8-10-25-11-9-21)20-18(19(14)23)15-4-2-3-5-17(15)22-20/h2-7,12,22H,8-11H2,1H3. The van der Waals surface area contributed by atoms with E-state index in [9.17, 15) is 4.79 Å². The first-order valence-corrected chi connectivity index (χ1v) is 8.67. The van der Waals surface area contributed by atoms with Crippen LogP contribution in [0, 0.1) is 0 Å². The number of aromatic amines is 1. The van der Waals surface area contributed by atoms with Crippen molar-refractivity contribution in [3.8, 4) is 5.75 Å². The van der Waals surface area contributed by atoms with Gasteiger partial charge in [-0.25, -0.2) is 0 Å². The number of nitrogens with one attached hydrogen (secondary N) is 1. The number of fused-ring (bicyclic) bond motifs is 6. The van der Waals surface area contributed by atoms with E-state index in [4.69, 9.17) is 9.47 Å². The Morgan fingerprint density at radius 2 is 1.92 bits per heavy atom. The summed E-state index contributed by atoms with van der Waals surface area (Å²) in [6.07, 6.45) is 1.72. The van der Waals surface area contributed by atoms with Crippen LogP contribution < -0.4 is 4.74 Å². The van der Waals surface area contributed by atoms with Gasteiger partial charge in [-0.2, -0.15) is 0 Å². The van der Waals surface area contributed by atoms with Crippen molar-refractivity contribution in [2.24, 2.45) is 0 Å². The van der Waals surface area contributed by atoms with Crippen molar-refractivity contribution < 1.29 is 14.3 Å². The number of benzene rings is 2. The van der Waals surface area contributed by atoms with Crippen LogP contribution in [0.3, 0.4) is 0 Å². The molecule has 1 aliphatic carbocycles. The molecule has 1 spiro atoms. The molecule has 4 heteroatoms. The van der Waals surface area contributed by atoms with E-state index in [1.165, 1.54) is 0 Å². The van der Waals surface area contributed by atoms with Crippen LogP contribution in [0.15, 0.2) is 42.5 Å². The van der Waals surface area contributed by atoms with Crippen LogP contribution in [0.2, 0.25) is 0 Å². The average molecular weight is 333 g/mol. The Morgan fingerprint density at radius 1 is 1.12 bits per heavy atom. The van der Waals surface area contributed by atoms with Crippen molar-refractivity contribution in [3.63, 3.8) is 0 Å². The number of ether oxygens (including phenoxy) is 2. The van der Waals surface area contributed by atoms with E-state index in [1.807, 2.05) is 42.5 Å². The minimum atomic E-state index is -0.218. The van der Waals surface area contributed by atoms with E-state index >= 15 is 0 Å². The number of carbonyl (C=O) groups is 1. The second-order valence-corrected chi connectivity index (χ2v) is 6.86. The summed E-state index contributed by atoms with van der Waals surface area (Å²) >= 11 is 0. The summed E-state index contributed by atoms with van der Waals surface area (Å²) in [5.41, 5.74) is 4.54. The second kappa shape index (κ2) is 5.20. The Bertz CT molecular complexity index is 996. The monoisotopic (exact) mass is 333 g/mol. The Morgan fingerprint density at radius 3 is 2.72 bits per heavy atom. The molecule has 5 rings (SSSR count). The summed E-state index contributed by atoms with van der Waals surface area (Å²) in [5.74, 6) is 0.888. The van der Waals surface area contributed by atoms with Gasteiger partial charge in [-0.3, -0.25) is 4.79 Å². The van der Waals surface area contributed by atoms with Crippen LogP contribution in [0.1, 0.15) is 40.0 Å². The van der Waals surface area contributed by atoms with Crippen LogP contribution in [-0.2, 0) is 10.2 Å². The van der Waals surface area contributed by atoms with Crippen LogP contribution >= 0.6 is 0 Å². The van der Waals surface area contributed by atoms with Gasteiger partial charge < -0.3 is 14.5 Å². The molecule has 2 heterocycles. The van der Waals surface area contributed by atoms with Gasteiger partial charge in [0.15, 0.2) is 5.78 Å². The van der Waals surface area contributed by atoms with Crippen molar-refractivity contribution >= 4 is 16.7 Å². The van der Waals surface area contributed by atoms with Gasteiger partial charge in [0.05, 0.1) is 12.7 Å². The van der Waals surface area contributed by atoms with Crippen molar-refractivity contribution in [3.05, 3.63) is 64.8 Å². The fourth-order valence-corrected chi connectivity index (χ4v) is 4.49. The molecule has 25 heavy (non-hydrogen) atoms. The molecule has 0 bridgehead atoms. The van der Waals surface area contributed by atoms with Gasteiger partial charge in [-0.05, 0) is 42.7 Å². The third-order valence-corrected chi connectivity index (χ3v) is 5.74. The number of rotatable bonds is 1. The minimum Gasteiger partial charge on any atom is -0.497 e. The molecule has 3 aromatic rings. The molecule has 1 saturated heterocycles. The third-order valence-electron chi connectivity index (χ3n) is 5.74. The summed E-state index contributed by atoms with van der Waals surface area (Å²) in [5, 5.41) is 1.01. The second-order valence-electron chi connectivity index (χ2n) is 6.86. The first-order chi connectivity index (χ1) is 12.2. The van der Waals surface area contributed by atoms with E-state index in [0.717, 1.165) is 51.9 Å². The number of ketones is 1. The summed E-state index contributed by atoms with van der Waals surface area (Å²) in [6, 6.07) is 13.9. The SMILES string of the molecule is COc1ccc2c(c1)C1(CCOCC1)c1[nH]c3ccccc3c1C2=O. The molecule has 2 aromatic carbocycles. The Labute approximate surface area is 145 Å². The molecule has 1 fully saturated rings. The maximum atomic E-state index is 13.3. The fourth-order valence-electron chi connectivity index (χ4n) is 4.49. The highest BCUT2D eigenvalue weighted by molar-refractivity contribution is 6.20. The lowest BCUT2D eigenvalue weighted by Gasteiger charge is -2.41. The van der Waals surface area contributed by atoms with Gasteiger partial charge in [0.1, 0.15) is 5.75 Å². The Balaban J connectivity index is 1.87. The summed E-state index contributed by atoms with van der Waals surface area (Å²) < 4.78 is 11.1. The first-order valence-electron chi connectivity index (χ1n) is 8.67. The topological polar surface area (TPSA) is 51.3 Å². The van der Waals surface area contributed by atoms with Crippen molar-refractivity contribution in [1.29, 1.82) is 0 Å². The Kier molecular flexibility index (Phi) is 3.06. The lowest BCUT2D eigenvalue weighted by molar-refractivity contribution is 0.0601. The zero-order valence-corrected chi connectivity index (χ0v) is 14.1. The fraction of sp³-hybridized carbons (Fsp3) is 0.286. The van der Waals surface area contributed by atoms with E-state index in [1.54, 1.807) is 7.11 Å². The van der Waals surface area contributed by atoms with E-state index in [2.05, 4.69) is 4.98 Å². The van der Waals surface area contributed by atoms with Gasteiger partial charge in [-0.1, -0.05) is 18.2 Å². The predicted octanol–water partition coefficient (Wildman–Crippen LogP) is 3.82. The maximum absolute atomic E-state index is 13.3. The molecule has 0 atom stereocenters. The lowest BCUT2D eigenvalue weighted by atomic mass is 9.64. The Hall–Kier alpha value is -2.59. The molecule has 1 aromatic heterocycles. The highest BCUT2D eigenvalue weighted by Gasteiger charge is 2.46. The van der Waals surface area contributed by atoms with Gasteiger partial charge in [-0.15, -0.1) is 0 Å². The average Bonchev–Trinajstić information content (AvgIpc) is 3.07. The number of methoxy groups -OCH3 is 1. The number of para-hydroxylation sites is 1. The van der Waals surface area contributed by atoms with Gasteiger partial charge in [0.25, 0.3) is 0 Å². The third kappa shape index (κ3) is 1.89. The molecular weight excluding hydrogens is 314 g/mol. The number of aromatic nitrogens is 1. The largest absolute Gasteiger partial charge is 0.497 e. The number of H-pyrrole nitrogens is 1. The van der Waals surface area contributed by atoms with Crippen LogP contribution in [0.25, 0.3) is 10.9 Å². The van der Waals surface area contributed by atoms with E-state index in [0.29, 0.717) is 13.2 Å². The van der Waals surface area contributed by atoms with Crippen LogP contribution in [0.4, 0.5) is 0 Å². The van der Waals surface area contributed by atoms with Crippen molar-refractivity contribution in [1.82, 2.24) is 4.98 Å². The minimum absolute atomic E-state index is 0.0993. The van der Waals surface area contributed by atoms with Crippen LogP contribution in [0.5, 0.6) is 5.75 Å². The van der Waals surface area contributed by atoms with Crippen molar-refractivity contribution in [2.45, 2.75) is 18.3 Å². The zero-order chi connectivity index (χ0) is 17.0. The quantitative estimate of drug-likeness (QED) is 0.736. The smallest absolute Gasteiger partial charge is 0.195 e. The first kappa shape index (κ1) is 14.7. The molecule has 4 nitrogen and oxygen atoms in total. The van der Waals surface area contributed by atoms with Gasteiger partial charge >= 0.3 is 0 Å². The van der Waals surface area contributed by atoms with E-state index in [-0.39, 0.29) is 11.2 Å². The molecule has 2 aliphatic rings. The van der Waals surface area contributed by atoms with Gasteiger partial charge in [0.2, 0.25) is 0 Å². The molecule has 0 unspecified atom stereocenters. The molecule has 126 valence electrons. The lowest BCUT2D eigenvalue weighted by Crippen LogP contribution is -2.40. The van der Waals surface area contributed by atoms with Crippen LogP contribution in [-0.4, -0.2) is 31.1 Å². The highest BCUT2D eigenvalue weighted by atomic mass is 16.5. The summed E-state index contributed by atoms with van der Waals surface area (Å²) in [4.78, 5) is 16.9. The molecule has 0 radical (unpaired) electrons. The maximum Gasteiger partial charge on any atom is 0.195 e. The summed E-state index contributed by atoms with van der Waals surface area (Å²) in [6.45, 7) is 1.39. The summed E-state index contributed by atoms with van der Waals surface area (Å²) in [7, 11) is 1.66. The van der Waals surface area contributed by atoms with E-state index < -0.39 is 0 Å². The molecule has 0 saturated carbocycles. The number of carbonyl (C=O) groups excluding carboxylic acids is 1. The molecule has 0 amide bonds. The molecule has 1 N–H and O–H groups in total. The number of hydrogen-bond acceptors (Lipinski definition) is 3. The zero-order valence-electron chi connectivity index (χ0n) is 14.1.